The molecule has 0 saturated carbocycles. The fraction of sp³-hybridized carbons (Fsp3) is 0.167. The number of hydrogen-bond donors (Lipinski definition) is 1. The number of rotatable bonds is 2. The number of para-hydroxylation sites is 2. The van der Waals surface area contributed by atoms with Crippen LogP contribution in [0.25, 0.3) is 16.6 Å². The zero-order chi connectivity index (χ0) is 13.4. The molecule has 19 heavy (non-hydrogen) atoms. The van der Waals surface area contributed by atoms with Gasteiger partial charge in [-0.25, -0.2) is 9.31 Å². The van der Waals surface area contributed by atoms with Crippen LogP contribution >= 0.6 is 0 Å². The lowest BCUT2D eigenvalue weighted by molar-refractivity contribution is 0.0521. The summed E-state index contributed by atoms with van der Waals surface area (Å²) < 4.78 is 6.20. The molecular formula is C12H10N4O3. The third kappa shape index (κ3) is 1.67. The second-order valence-electron chi connectivity index (χ2n) is 3.89. The average Bonchev–Trinajstić information content (AvgIpc) is 2.85. The first-order chi connectivity index (χ1) is 9.22. The van der Waals surface area contributed by atoms with Crippen LogP contribution < -0.4 is 5.56 Å². The Balaban J connectivity index is 2.38. The van der Waals surface area contributed by atoms with Crippen LogP contribution in [0, 0.1) is 0 Å². The number of nitrogens with one attached hydrogen (secondary N) is 1. The molecule has 0 radical (unpaired) electrons. The smallest absolute Gasteiger partial charge is 0.361 e. The Hall–Kier alpha value is -2.70. The first kappa shape index (κ1) is 11.4. The highest BCUT2D eigenvalue weighted by molar-refractivity contribution is 5.95. The number of H-pyrrole nitrogens is 1. The lowest BCUT2D eigenvalue weighted by Crippen LogP contribution is -2.15. The van der Waals surface area contributed by atoms with Crippen LogP contribution in [-0.4, -0.2) is 32.4 Å². The van der Waals surface area contributed by atoms with Gasteiger partial charge in [-0.15, -0.1) is 5.10 Å². The van der Waals surface area contributed by atoms with Crippen LogP contribution in [0.15, 0.2) is 29.1 Å². The second kappa shape index (κ2) is 4.20. The lowest BCUT2D eigenvalue weighted by atomic mass is 10.3. The van der Waals surface area contributed by atoms with Gasteiger partial charge in [0.2, 0.25) is 5.69 Å². The maximum Gasteiger partial charge on any atom is 0.361 e. The highest BCUT2D eigenvalue weighted by atomic mass is 16.5. The Morgan fingerprint density at radius 3 is 3.00 bits per heavy atom. The summed E-state index contributed by atoms with van der Waals surface area (Å²) >= 11 is 0. The molecule has 0 spiro atoms. The molecule has 3 rings (SSSR count). The fourth-order valence-corrected chi connectivity index (χ4v) is 1.94. The number of carbonyl (C=O) groups excluding carboxylic acids is 1. The molecule has 0 aliphatic carbocycles. The zero-order valence-corrected chi connectivity index (χ0v) is 10.1. The van der Waals surface area contributed by atoms with Crippen molar-refractivity contribution in [2.24, 2.45) is 0 Å². The van der Waals surface area contributed by atoms with Gasteiger partial charge in [-0.05, 0) is 19.1 Å². The van der Waals surface area contributed by atoms with Gasteiger partial charge in [-0.1, -0.05) is 17.3 Å². The standard InChI is InChI=1S/C12H10N4O3/c1-2-19-12(18)9-10-11(17)13-7-5-3-4-6-8(7)16(10)15-14-9/h3-6H,2H2,1H3,(H,13,17). The minimum absolute atomic E-state index is 0.0751. The van der Waals surface area contributed by atoms with Crippen LogP contribution in [0.3, 0.4) is 0 Å². The molecule has 0 fully saturated rings. The highest BCUT2D eigenvalue weighted by Crippen LogP contribution is 2.12. The van der Waals surface area contributed by atoms with Gasteiger partial charge in [0.1, 0.15) is 0 Å². The molecule has 0 saturated heterocycles. The van der Waals surface area contributed by atoms with E-state index < -0.39 is 11.5 Å². The van der Waals surface area contributed by atoms with Crippen molar-refractivity contribution >= 4 is 22.5 Å². The summed E-state index contributed by atoms with van der Waals surface area (Å²) in [6.45, 7) is 1.90. The number of carbonyl (C=O) groups is 1. The van der Waals surface area contributed by atoms with E-state index in [-0.39, 0.29) is 17.8 Å². The molecule has 1 aromatic carbocycles. The highest BCUT2D eigenvalue weighted by Gasteiger charge is 2.20. The monoisotopic (exact) mass is 258 g/mol. The summed E-state index contributed by atoms with van der Waals surface area (Å²) in [5, 5.41) is 7.60. The minimum Gasteiger partial charge on any atom is -0.461 e. The third-order valence-corrected chi connectivity index (χ3v) is 2.73. The number of aromatic amines is 1. The topological polar surface area (TPSA) is 89.3 Å². The van der Waals surface area contributed by atoms with Crippen molar-refractivity contribution in [1.29, 1.82) is 0 Å². The van der Waals surface area contributed by atoms with Gasteiger partial charge in [0.05, 0.1) is 17.6 Å². The third-order valence-electron chi connectivity index (χ3n) is 2.73. The van der Waals surface area contributed by atoms with Gasteiger partial charge < -0.3 is 9.72 Å². The maximum absolute atomic E-state index is 12.0. The maximum atomic E-state index is 12.0. The van der Waals surface area contributed by atoms with E-state index in [0.717, 1.165) is 0 Å². The number of ether oxygens (including phenoxy) is 1. The number of fused-ring (bicyclic) bond motifs is 3. The molecule has 2 heterocycles. The molecule has 0 aliphatic heterocycles. The van der Waals surface area contributed by atoms with E-state index in [9.17, 15) is 9.59 Å². The number of esters is 1. The van der Waals surface area contributed by atoms with Crippen LogP contribution in [0.1, 0.15) is 17.4 Å². The molecule has 1 N–H and O–H groups in total. The fourth-order valence-electron chi connectivity index (χ4n) is 1.94. The predicted molar refractivity (Wildman–Crippen MR) is 67.1 cm³/mol. The number of benzene rings is 1. The molecule has 2 aromatic heterocycles. The lowest BCUT2D eigenvalue weighted by Gasteiger charge is -2.00. The summed E-state index contributed by atoms with van der Waals surface area (Å²) in [6, 6.07) is 7.14. The normalized spacial score (nSPS) is 11.0. The molecule has 0 atom stereocenters. The van der Waals surface area contributed by atoms with Gasteiger partial charge in [-0.2, -0.15) is 0 Å². The first-order valence-electron chi connectivity index (χ1n) is 5.76. The molecule has 0 bridgehead atoms. The average molecular weight is 258 g/mol. The van der Waals surface area contributed by atoms with Crippen molar-refractivity contribution in [1.82, 2.24) is 19.8 Å². The van der Waals surface area contributed by atoms with E-state index in [2.05, 4.69) is 15.3 Å². The van der Waals surface area contributed by atoms with Gasteiger partial charge in [0, 0.05) is 0 Å². The number of hydrogen-bond acceptors (Lipinski definition) is 5. The Bertz CT molecular complexity index is 834. The molecule has 0 amide bonds. The van der Waals surface area contributed by atoms with Crippen molar-refractivity contribution in [3.8, 4) is 0 Å². The van der Waals surface area contributed by atoms with E-state index in [4.69, 9.17) is 4.74 Å². The minimum atomic E-state index is -0.654. The van der Waals surface area contributed by atoms with Crippen LogP contribution in [0.4, 0.5) is 0 Å². The quantitative estimate of drug-likeness (QED) is 0.685. The van der Waals surface area contributed by atoms with Gasteiger partial charge in [-0.3, -0.25) is 4.79 Å². The Labute approximate surface area is 106 Å². The van der Waals surface area contributed by atoms with Crippen molar-refractivity contribution in [2.75, 3.05) is 6.61 Å². The molecule has 96 valence electrons. The summed E-state index contributed by atoms with van der Waals surface area (Å²) in [5.41, 5.74) is 0.887. The summed E-state index contributed by atoms with van der Waals surface area (Å²) in [7, 11) is 0. The van der Waals surface area contributed by atoms with Crippen LogP contribution in [0.2, 0.25) is 0 Å². The first-order valence-corrected chi connectivity index (χ1v) is 5.76. The van der Waals surface area contributed by atoms with Gasteiger partial charge >= 0.3 is 5.97 Å². The van der Waals surface area contributed by atoms with Crippen molar-refractivity contribution in [3.05, 3.63) is 40.3 Å². The van der Waals surface area contributed by atoms with E-state index >= 15 is 0 Å². The summed E-state index contributed by atoms with van der Waals surface area (Å²) in [4.78, 5) is 26.4. The van der Waals surface area contributed by atoms with Crippen molar-refractivity contribution in [2.45, 2.75) is 6.92 Å². The SMILES string of the molecule is CCOC(=O)c1nnn2c1c(=O)[nH]c1ccccc12. The predicted octanol–water partition coefficient (Wildman–Crippen LogP) is 0.747. The summed E-state index contributed by atoms with van der Waals surface area (Å²) in [5.74, 6) is -0.654. The number of nitrogens with zero attached hydrogens (tertiary/aromatic N) is 3. The Morgan fingerprint density at radius 2 is 2.21 bits per heavy atom. The Morgan fingerprint density at radius 1 is 1.42 bits per heavy atom. The van der Waals surface area contributed by atoms with Crippen molar-refractivity contribution < 1.29 is 9.53 Å². The van der Waals surface area contributed by atoms with E-state index in [1.165, 1.54) is 4.52 Å². The van der Waals surface area contributed by atoms with E-state index in [0.29, 0.717) is 11.0 Å². The zero-order valence-electron chi connectivity index (χ0n) is 10.1. The van der Waals surface area contributed by atoms with Gasteiger partial charge in [0.25, 0.3) is 5.56 Å². The molecule has 3 aromatic rings. The molecule has 7 heteroatoms. The number of aromatic nitrogens is 4. The molecule has 0 unspecified atom stereocenters. The van der Waals surface area contributed by atoms with Crippen LogP contribution in [0.5, 0.6) is 0 Å². The molecule has 7 nitrogen and oxygen atoms in total. The molecule has 0 aliphatic rings. The van der Waals surface area contributed by atoms with Crippen molar-refractivity contribution in [3.63, 3.8) is 0 Å². The Kier molecular flexibility index (Phi) is 2.52. The van der Waals surface area contributed by atoms with Crippen LogP contribution in [-0.2, 0) is 4.74 Å². The largest absolute Gasteiger partial charge is 0.461 e. The second-order valence-corrected chi connectivity index (χ2v) is 3.89. The van der Waals surface area contributed by atoms with E-state index in [1.807, 2.05) is 6.07 Å². The summed E-state index contributed by atoms with van der Waals surface area (Å²) in [6.07, 6.45) is 0. The molecular weight excluding hydrogens is 248 g/mol. The van der Waals surface area contributed by atoms with Gasteiger partial charge in [0.15, 0.2) is 5.52 Å². The van der Waals surface area contributed by atoms with E-state index in [1.54, 1.807) is 25.1 Å².